The van der Waals surface area contributed by atoms with Crippen molar-refractivity contribution < 1.29 is 19.5 Å². The van der Waals surface area contributed by atoms with Gasteiger partial charge in [0.2, 0.25) is 0 Å². The number of anilines is 1. The highest BCUT2D eigenvalue weighted by Gasteiger charge is 2.11. The third-order valence-corrected chi connectivity index (χ3v) is 4.30. The molecule has 0 unspecified atom stereocenters. The summed E-state index contributed by atoms with van der Waals surface area (Å²) in [4.78, 5) is 18.7. The lowest BCUT2D eigenvalue weighted by Crippen LogP contribution is -1.99. The van der Waals surface area contributed by atoms with E-state index in [4.69, 9.17) is 14.7 Å². The van der Waals surface area contributed by atoms with Crippen molar-refractivity contribution in [2.45, 2.75) is 11.8 Å². The van der Waals surface area contributed by atoms with E-state index in [2.05, 4.69) is 20.7 Å². The van der Waals surface area contributed by atoms with Crippen molar-refractivity contribution in [2.24, 2.45) is 0 Å². The van der Waals surface area contributed by atoms with Gasteiger partial charge >= 0.3 is 5.97 Å². The molecule has 0 saturated carbocycles. The average Bonchev–Trinajstić information content (AvgIpc) is 3.15. The fraction of sp³-hybridized carbons (Fsp3) is 0.167. The van der Waals surface area contributed by atoms with Gasteiger partial charge < -0.3 is 14.8 Å². The zero-order valence-corrected chi connectivity index (χ0v) is 15.3. The van der Waals surface area contributed by atoms with Crippen molar-refractivity contribution >= 4 is 23.4 Å². The minimum Gasteiger partial charge on any atom is -0.489 e. The van der Waals surface area contributed by atoms with E-state index >= 15 is 0 Å². The average molecular weight is 386 g/mol. The lowest BCUT2D eigenvalue weighted by atomic mass is 10.1. The monoisotopic (exact) mass is 386 g/mol. The Kier molecular flexibility index (Phi) is 6.29. The van der Waals surface area contributed by atoms with Crippen molar-refractivity contribution in [1.29, 1.82) is 0 Å². The summed E-state index contributed by atoms with van der Waals surface area (Å²) in [6.45, 7) is 0.423. The molecule has 0 aliphatic heterocycles. The first-order valence-corrected chi connectivity index (χ1v) is 9.01. The number of carboxylic acids is 1. The smallest absolute Gasteiger partial charge is 0.313 e. The number of nitrogens with zero attached hydrogens (tertiary/aromatic N) is 2. The molecule has 2 aromatic carbocycles. The Morgan fingerprint density at radius 1 is 1.22 bits per heavy atom. The number of rotatable bonds is 9. The van der Waals surface area contributed by atoms with Gasteiger partial charge in [0.05, 0.1) is 18.6 Å². The second kappa shape index (κ2) is 9.06. The summed E-state index contributed by atoms with van der Waals surface area (Å²) < 4.78 is 5.89. The van der Waals surface area contributed by atoms with E-state index in [0.717, 1.165) is 22.9 Å². The number of carbonyl (C=O) groups is 1. The van der Waals surface area contributed by atoms with Gasteiger partial charge in [-0.25, -0.2) is 0 Å². The molecule has 0 spiro atoms. The first-order chi connectivity index (χ1) is 13.1. The summed E-state index contributed by atoms with van der Waals surface area (Å²) in [5.74, 6) is 0.130. The van der Waals surface area contributed by atoms with E-state index in [1.54, 1.807) is 0 Å². The molecule has 0 atom stereocenters. The van der Waals surface area contributed by atoms with Crippen LogP contribution in [0.25, 0.3) is 11.4 Å². The largest absolute Gasteiger partial charge is 0.489 e. The van der Waals surface area contributed by atoms with Crippen LogP contribution >= 0.6 is 11.8 Å². The number of ether oxygens (including phenoxy) is 1. The second-order valence-electron chi connectivity index (χ2n) is 5.49. The van der Waals surface area contributed by atoms with Crippen molar-refractivity contribution in [3.8, 4) is 17.1 Å². The summed E-state index contributed by atoms with van der Waals surface area (Å²) >= 11 is 1.07. The zero-order valence-electron chi connectivity index (χ0n) is 14.5. The van der Waals surface area contributed by atoms with E-state index in [9.17, 15) is 4.79 Å². The van der Waals surface area contributed by atoms with E-state index < -0.39 is 5.97 Å². The molecule has 3 aromatic rings. The van der Waals surface area contributed by atoms with Crippen LogP contribution < -0.4 is 10.2 Å². The summed E-state index contributed by atoms with van der Waals surface area (Å²) in [5.41, 5.74) is 5.25. The highest BCUT2D eigenvalue weighted by molar-refractivity contribution is 7.99. The van der Waals surface area contributed by atoms with Crippen molar-refractivity contribution in [3.05, 3.63) is 54.1 Å². The maximum atomic E-state index is 10.7. The van der Waals surface area contributed by atoms with Gasteiger partial charge in [-0.1, -0.05) is 42.1 Å². The van der Waals surface area contributed by atoms with Gasteiger partial charge in [-0.3, -0.25) is 15.1 Å². The second-order valence-corrected chi connectivity index (χ2v) is 6.45. The fourth-order valence-electron chi connectivity index (χ4n) is 2.31. The van der Waals surface area contributed by atoms with Crippen LogP contribution in [0.3, 0.4) is 0 Å². The number of hydrogen-bond donors (Lipinski definition) is 3. The minimum atomic E-state index is -0.916. The fourth-order valence-corrected chi connectivity index (χ4v) is 2.84. The van der Waals surface area contributed by atoms with Gasteiger partial charge in [0, 0.05) is 11.6 Å². The van der Waals surface area contributed by atoms with Crippen LogP contribution in [0.4, 0.5) is 5.69 Å². The Morgan fingerprint density at radius 3 is 2.78 bits per heavy atom. The number of thioether (sulfide) groups is 1. The van der Waals surface area contributed by atoms with Crippen molar-refractivity contribution in [2.75, 3.05) is 18.3 Å². The Labute approximate surface area is 159 Å². The van der Waals surface area contributed by atoms with Crippen molar-refractivity contribution in [3.63, 3.8) is 0 Å². The molecule has 1 heterocycles. The third kappa shape index (κ3) is 5.47. The molecule has 1 aromatic heterocycles. The Bertz CT molecular complexity index is 901. The van der Waals surface area contributed by atoms with Gasteiger partial charge in [0.1, 0.15) is 12.4 Å². The Hall–Kier alpha value is -3.04. The molecular formula is C18H18N4O4S. The van der Waals surface area contributed by atoms with E-state index in [1.807, 2.05) is 48.5 Å². The quantitative estimate of drug-likeness (QED) is 0.380. The van der Waals surface area contributed by atoms with E-state index in [-0.39, 0.29) is 5.75 Å². The molecule has 0 bridgehead atoms. The van der Waals surface area contributed by atoms with Crippen LogP contribution in [0, 0.1) is 0 Å². The van der Waals surface area contributed by atoms with Crippen LogP contribution in [0.15, 0.2) is 53.7 Å². The topological polar surface area (TPSA) is 109 Å². The molecule has 0 fully saturated rings. The van der Waals surface area contributed by atoms with Crippen LogP contribution in [0.1, 0.15) is 5.56 Å². The first-order valence-electron chi connectivity index (χ1n) is 8.02. The highest BCUT2D eigenvalue weighted by Crippen LogP contribution is 2.28. The Morgan fingerprint density at radius 2 is 2.04 bits per heavy atom. The number of aliphatic carboxylic acids is 1. The van der Waals surface area contributed by atoms with Gasteiger partial charge in [-0.2, -0.15) is 0 Å². The summed E-state index contributed by atoms with van der Waals surface area (Å²) in [5, 5.41) is 17.2. The minimum absolute atomic E-state index is 0.0919. The lowest BCUT2D eigenvalue weighted by Gasteiger charge is -2.11. The van der Waals surface area contributed by atoms with E-state index in [0.29, 0.717) is 29.0 Å². The molecule has 3 rings (SSSR count). The number of hydrogen-bond acceptors (Lipinski definition) is 7. The van der Waals surface area contributed by atoms with Crippen LogP contribution in [0.2, 0.25) is 0 Å². The van der Waals surface area contributed by atoms with Crippen LogP contribution in [0.5, 0.6) is 5.75 Å². The molecule has 0 aliphatic carbocycles. The summed E-state index contributed by atoms with van der Waals surface area (Å²) in [7, 11) is 1.52. The normalized spacial score (nSPS) is 10.6. The number of aromatic amines is 1. The van der Waals surface area contributed by atoms with Crippen LogP contribution in [-0.4, -0.2) is 39.1 Å². The number of H-pyrrole nitrogens is 1. The molecule has 27 heavy (non-hydrogen) atoms. The maximum Gasteiger partial charge on any atom is 0.313 e. The zero-order chi connectivity index (χ0) is 19.1. The van der Waals surface area contributed by atoms with Gasteiger partial charge in [0.15, 0.2) is 11.0 Å². The first kappa shape index (κ1) is 18.7. The standard InChI is InChI=1S/C18H18N4O4S/c1-25-22-14-7-13(17-19-18(21-20-17)27-11-16(23)24)8-15(9-14)26-10-12-5-3-2-4-6-12/h2-9,22H,10-11H2,1H3,(H,23,24)(H,19,20,21). The van der Waals surface area contributed by atoms with Gasteiger partial charge in [-0.15, -0.1) is 10.2 Å². The third-order valence-electron chi connectivity index (χ3n) is 3.45. The molecule has 0 radical (unpaired) electrons. The van der Waals surface area contributed by atoms with E-state index in [1.165, 1.54) is 7.11 Å². The SMILES string of the molecule is CONc1cc(OCc2ccccc2)cc(-c2nnc(SCC(=O)O)[nH]2)c1. The lowest BCUT2D eigenvalue weighted by molar-refractivity contribution is -0.133. The predicted molar refractivity (Wildman–Crippen MR) is 102 cm³/mol. The van der Waals surface area contributed by atoms with Crippen molar-refractivity contribution in [1.82, 2.24) is 15.2 Å². The molecule has 0 saturated heterocycles. The number of benzene rings is 2. The molecule has 0 amide bonds. The molecule has 0 aliphatic rings. The van der Waals surface area contributed by atoms with Crippen LogP contribution in [-0.2, 0) is 16.2 Å². The summed E-state index contributed by atoms with van der Waals surface area (Å²) in [6, 6.07) is 15.3. The highest BCUT2D eigenvalue weighted by atomic mass is 32.2. The van der Waals surface area contributed by atoms with Gasteiger partial charge in [-0.05, 0) is 17.7 Å². The molecule has 3 N–H and O–H groups in total. The predicted octanol–water partition coefficient (Wildman–Crippen LogP) is 3.20. The number of aromatic nitrogens is 3. The number of nitrogens with one attached hydrogen (secondary N) is 2. The molecule has 140 valence electrons. The molecule has 8 nitrogen and oxygen atoms in total. The maximum absolute atomic E-state index is 10.7. The van der Waals surface area contributed by atoms with Gasteiger partial charge in [0.25, 0.3) is 0 Å². The summed E-state index contributed by atoms with van der Waals surface area (Å²) in [6.07, 6.45) is 0. The molecule has 9 heteroatoms. The molecular weight excluding hydrogens is 368 g/mol. The Balaban J connectivity index is 1.79. The number of carboxylic acid groups (broad SMARTS) is 1.